The molecule has 0 saturated carbocycles. The lowest BCUT2D eigenvalue weighted by atomic mass is 10.2. The fourth-order valence-electron chi connectivity index (χ4n) is 2.91. The average molecular weight is 430 g/mol. The van der Waals surface area contributed by atoms with Crippen LogP contribution in [0.1, 0.15) is 31.3 Å². The van der Waals surface area contributed by atoms with Crippen LogP contribution in [0.3, 0.4) is 0 Å². The van der Waals surface area contributed by atoms with Crippen molar-refractivity contribution in [1.82, 2.24) is 19.5 Å². The third-order valence-corrected chi connectivity index (χ3v) is 5.63. The van der Waals surface area contributed by atoms with Crippen LogP contribution in [-0.2, 0) is 17.1 Å². The van der Waals surface area contributed by atoms with Gasteiger partial charge in [0.05, 0.1) is 0 Å². The van der Waals surface area contributed by atoms with Gasteiger partial charge in [0.1, 0.15) is 11.6 Å². The molecular formula is C20H27N7O2S. The predicted octanol–water partition coefficient (Wildman–Crippen LogP) is 3.25. The summed E-state index contributed by atoms with van der Waals surface area (Å²) in [7, 11) is 1.84. The monoisotopic (exact) mass is 429 g/mol. The number of aromatic nitrogens is 4. The molecule has 0 radical (unpaired) electrons. The third-order valence-electron chi connectivity index (χ3n) is 4.37. The van der Waals surface area contributed by atoms with E-state index in [2.05, 4.69) is 25.0 Å². The first-order valence-electron chi connectivity index (χ1n) is 9.51. The first kappa shape index (κ1) is 21.6. The lowest BCUT2D eigenvalue weighted by molar-refractivity contribution is 0.597. The molecule has 0 spiro atoms. The number of benzene rings is 1. The van der Waals surface area contributed by atoms with Crippen LogP contribution in [0, 0.1) is 6.92 Å². The van der Waals surface area contributed by atoms with Crippen LogP contribution < -0.4 is 14.9 Å². The topological polar surface area (TPSA) is 105 Å². The van der Waals surface area contributed by atoms with Gasteiger partial charge < -0.3 is 14.8 Å². The molecule has 3 rings (SSSR count). The third kappa shape index (κ3) is 4.88. The number of nitrogens with zero attached hydrogens (tertiary/aromatic N) is 5. The minimum absolute atomic E-state index is 0.000257. The lowest BCUT2D eigenvalue weighted by Gasteiger charge is -2.14. The number of anilines is 4. The van der Waals surface area contributed by atoms with Gasteiger partial charge in [0.25, 0.3) is 10.0 Å². The predicted molar refractivity (Wildman–Crippen MR) is 119 cm³/mol. The summed E-state index contributed by atoms with van der Waals surface area (Å²) < 4.78 is 29.7. The fraction of sp³-hybridized carbons (Fsp3) is 0.350. The van der Waals surface area contributed by atoms with Gasteiger partial charge in [-0.25, -0.2) is 9.97 Å². The minimum Gasteiger partial charge on any atom is -0.363 e. The number of aryl methyl sites for hydroxylation is 2. The van der Waals surface area contributed by atoms with E-state index in [0.717, 1.165) is 17.2 Å². The molecule has 0 aliphatic rings. The Labute approximate surface area is 177 Å². The van der Waals surface area contributed by atoms with Crippen molar-refractivity contribution in [3.63, 3.8) is 0 Å². The van der Waals surface area contributed by atoms with Crippen molar-refractivity contribution >= 4 is 33.2 Å². The number of hydrogen-bond donors (Lipinski definition) is 2. The van der Waals surface area contributed by atoms with Crippen LogP contribution in [0.2, 0.25) is 0 Å². The van der Waals surface area contributed by atoms with Crippen molar-refractivity contribution in [2.24, 2.45) is 7.05 Å². The SMILES string of the molecule is Cc1cc(N(C)C)nc(Nc2ccc(NS(=O)(=O)c3cn(C)c(C(C)C)n3)cc2)n1. The van der Waals surface area contributed by atoms with E-state index in [-0.39, 0.29) is 10.9 Å². The maximum atomic E-state index is 12.7. The van der Waals surface area contributed by atoms with Crippen molar-refractivity contribution in [1.29, 1.82) is 0 Å². The first-order valence-corrected chi connectivity index (χ1v) is 11.0. The van der Waals surface area contributed by atoms with Crippen molar-refractivity contribution in [2.45, 2.75) is 31.7 Å². The van der Waals surface area contributed by atoms with Gasteiger partial charge in [-0.3, -0.25) is 4.72 Å². The zero-order valence-corrected chi connectivity index (χ0v) is 18.8. The van der Waals surface area contributed by atoms with Gasteiger partial charge in [0, 0.05) is 56.4 Å². The van der Waals surface area contributed by atoms with Crippen molar-refractivity contribution in [3.05, 3.63) is 48.0 Å². The molecule has 1 aromatic carbocycles. The van der Waals surface area contributed by atoms with E-state index in [1.54, 1.807) is 35.9 Å². The van der Waals surface area contributed by atoms with Crippen molar-refractivity contribution in [2.75, 3.05) is 29.0 Å². The van der Waals surface area contributed by atoms with Gasteiger partial charge in [-0.1, -0.05) is 13.8 Å². The Bertz CT molecular complexity index is 1140. The van der Waals surface area contributed by atoms with E-state index < -0.39 is 10.0 Å². The molecule has 0 unspecified atom stereocenters. The maximum absolute atomic E-state index is 12.7. The van der Waals surface area contributed by atoms with Crippen LogP contribution in [-0.4, -0.2) is 42.0 Å². The molecule has 0 aliphatic carbocycles. The van der Waals surface area contributed by atoms with E-state index in [1.807, 2.05) is 45.8 Å². The summed E-state index contributed by atoms with van der Waals surface area (Å²) in [6.45, 7) is 5.84. The highest BCUT2D eigenvalue weighted by molar-refractivity contribution is 7.92. The summed E-state index contributed by atoms with van der Waals surface area (Å²) in [4.78, 5) is 15.0. The van der Waals surface area contributed by atoms with Gasteiger partial charge in [0.15, 0.2) is 5.03 Å². The van der Waals surface area contributed by atoms with Crippen LogP contribution >= 0.6 is 0 Å². The summed E-state index contributed by atoms with van der Waals surface area (Å²) >= 11 is 0. The van der Waals surface area contributed by atoms with Crippen LogP contribution in [0.15, 0.2) is 41.6 Å². The average Bonchev–Trinajstić information content (AvgIpc) is 3.06. The molecule has 0 bridgehead atoms. The van der Waals surface area contributed by atoms with Gasteiger partial charge in [-0.15, -0.1) is 0 Å². The summed E-state index contributed by atoms with van der Waals surface area (Å²) in [5.41, 5.74) is 2.03. The molecule has 2 N–H and O–H groups in total. The molecule has 0 fully saturated rings. The zero-order valence-electron chi connectivity index (χ0n) is 18.0. The highest BCUT2D eigenvalue weighted by Gasteiger charge is 2.20. The quantitative estimate of drug-likeness (QED) is 0.594. The van der Waals surface area contributed by atoms with Crippen LogP contribution in [0.4, 0.5) is 23.1 Å². The van der Waals surface area contributed by atoms with Crippen molar-refractivity contribution in [3.8, 4) is 0 Å². The Morgan fingerprint density at radius 2 is 1.67 bits per heavy atom. The molecule has 9 nitrogen and oxygen atoms in total. The molecule has 30 heavy (non-hydrogen) atoms. The minimum atomic E-state index is -3.77. The smallest absolute Gasteiger partial charge is 0.280 e. The van der Waals surface area contributed by atoms with E-state index in [4.69, 9.17) is 0 Å². The molecule has 2 aromatic heterocycles. The van der Waals surface area contributed by atoms with Gasteiger partial charge in [0.2, 0.25) is 5.95 Å². The summed E-state index contributed by atoms with van der Waals surface area (Å²) in [5, 5.41) is 3.14. The number of nitrogens with one attached hydrogen (secondary N) is 2. The van der Waals surface area contributed by atoms with Gasteiger partial charge >= 0.3 is 0 Å². The number of rotatable bonds is 7. The zero-order chi connectivity index (χ0) is 22.1. The van der Waals surface area contributed by atoms with E-state index in [1.165, 1.54) is 6.20 Å². The molecular weight excluding hydrogens is 402 g/mol. The molecule has 10 heteroatoms. The Kier molecular flexibility index (Phi) is 5.97. The Balaban J connectivity index is 1.75. The number of hydrogen-bond acceptors (Lipinski definition) is 7. The largest absolute Gasteiger partial charge is 0.363 e. The molecule has 0 atom stereocenters. The second-order valence-corrected chi connectivity index (χ2v) is 9.23. The molecule has 0 aliphatic heterocycles. The molecule has 3 aromatic rings. The molecule has 0 amide bonds. The maximum Gasteiger partial charge on any atom is 0.280 e. The Morgan fingerprint density at radius 1 is 1.03 bits per heavy atom. The normalized spacial score (nSPS) is 11.6. The summed E-state index contributed by atoms with van der Waals surface area (Å²) in [5.74, 6) is 2.11. The Hall–Kier alpha value is -3.14. The van der Waals surface area contributed by atoms with Gasteiger partial charge in [-0.2, -0.15) is 13.4 Å². The van der Waals surface area contributed by atoms with Crippen LogP contribution in [0.5, 0.6) is 0 Å². The van der Waals surface area contributed by atoms with E-state index in [9.17, 15) is 8.42 Å². The summed E-state index contributed by atoms with van der Waals surface area (Å²) in [6.07, 6.45) is 1.52. The summed E-state index contributed by atoms with van der Waals surface area (Å²) in [6, 6.07) is 8.77. The highest BCUT2D eigenvalue weighted by Crippen LogP contribution is 2.22. The second kappa shape index (κ2) is 8.31. The molecule has 0 saturated heterocycles. The standard InChI is InChI=1S/C20H27N7O2S/c1-13(2)19-24-18(12-27(19)6)30(28,29)25-16-9-7-15(8-10-16)22-20-21-14(3)11-17(23-20)26(4)5/h7-13,25H,1-6H3,(H,21,22,23). The first-order chi connectivity index (χ1) is 14.0. The van der Waals surface area contributed by atoms with E-state index in [0.29, 0.717) is 17.5 Å². The lowest BCUT2D eigenvalue weighted by Crippen LogP contribution is -2.13. The molecule has 160 valence electrons. The fourth-order valence-corrected chi connectivity index (χ4v) is 3.97. The van der Waals surface area contributed by atoms with Crippen molar-refractivity contribution < 1.29 is 8.42 Å². The number of sulfonamides is 1. The number of imidazole rings is 1. The van der Waals surface area contributed by atoms with E-state index >= 15 is 0 Å². The Morgan fingerprint density at radius 3 is 2.23 bits per heavy atom. The van der Waals surface area contributed by atoms with Crippen LogP contribution in [0.25, 0.3) is 0 Å². The van der Waals surface area contributed by atoms with Gasteiger partial charge in [-0.05, 0) is 31.2 Å². The molecule has 2 heterocycles. The second-order valence-electron chi connectivity index (χ2n) is 7.60. The highest BCUT2D eigenvalue weighted by atomic mass is 32.2.